The minimum absolute atomic E-state index is 0.0247. The molecule has 0 amide bonds. The second-order valence-electron chi connectivity index (χ2n) is 3.33. The van der Waals surface area contributed by atoms with Crippen molar-refractivity contribution in [2.75, 3.05) is 26.0 Å². The van der Waals surface area contributed by atoms with Crippen LogP contribution >= 0.6 is 0 Å². The number of methoxy groups -OCH3 is 1. The molecule has 0 aliphatic heterocycles. The Labute approximate surface area is 86.1 Å². The first-order chi connectivity index (χ1) is 6.48. The maximum Gasteiger partial charge on any atom is 0.211 e. The zero-order valence-corrected chi connectivity index (χ0v) is 9.64. The molecule has 86 valence electrons. The third-order valence-electron chi connectivity index (χ3n) is 1.68. The molecule has 0 saturated heterocycles. The molecule has 1 unspecified atom stereocenters. The standard InChI is InChI=1S/C8H20N2O3S/c1-8(9)4-5-10-14(11,12)7-3-6-13-2/h8,10H,3-7,9H2,1-2H3. The van der Waals surface area contributed by atoms with E-state index in [1.54, 1.807) is 7.11 Å². The van der Waals surface area contributed by atoms with E-state index in [1.807, 2.05) is 6.92 Å². The van der Waals surface area contributed by atoms with Crippen molar-refractivity contribution in [1.29, 1.82) is 0 Å². The van der Waals surface area contributed by atoms with E-state index in [2.05, 4.69) is 4.72 Å². The van der Waals surface area contributed by atoms with Gasteiger partial charge < -0.3 is 10.5 Å². The lowest BCUT2D eigenvalue weighted by atomic mass is 10.3. The van der Waals surface area contributed by atoms with Gasteiger partial charge in [-0.05, 0) is 19.8 Å². The first-order valence-electron chi connectivity index (χ1n) is 4.70. The van der Waals surface area contributed by atoms with Gasteiger partial charge in [-0.2, -0.15) is 0 Å². The van der Waals surface area contributed by atoms with Gasteiger partial charge in [0.05, 0.1) is 5.75 Å². The molecule has 0 spiro atoms. The van der Waals surface area contributed by atoms with Crippen LogP contribution in [-0.2, 0) is 14.8 Å². The molecule has 0 aromatic rings. The van der Waals surface area contributed by atoms with Crippen LogP contribution < -0.4 is 10.5 Å². The average molecular weight is 224 g/mol. The van der Waals surface area contributed by atoms with Gasteiger partial charge >= 0.3 is 0 Å². The van der Waals surface area contributed by atoms with E-state index >= 15 is 0 Å². The topological polar surface area (TPSA) is 81.4 Å². The van der Waals surface area contributed by atoms with Crippen molar-refractivity contribution in [2.24, 2.45) is 5.73 Å². The summed E-state index contributed by atoms with van der Waals surface area (Å²) in [6.45, 7) is 2.72. The lowest BCUT2D eigenvalue weighted by molar-refractivity contribution is 0.199. The van der Waals surface area contributed by atoms with Gasteiger partial charge in [-0.25, -0.2) is 13.1 Å². The van der Waals surface area contributed by atoms with Crippen LogP contribution in [0.15, 0.2) is 0 Å². The van der Waals surface area contributed by atoms with E-state index in [-0.39, 0.29) is 11.8 Å². The number of sulfonamides is 1. The Kier molecular flexibility index (Phi) is 7.08. The molecule has 0 fully saturated rings. The minimum atomic E-state index is -3.14. The summed E-state index contributed by atoms with van der Waals surface area (Å²) in [6.07, 6.45) is 1.17. The van der Waals surface area contributed by atoms with Crippen LogP contribution in [0.5, 0.6) is 0 Å². The molecule has 0 heterocycles. The Morgan fingerprint density at radius 3 is 2.64 bits per heavy atom. The summed E-state index contributed by atoms with van der Waals surface area (Å²) in [5.41, 5.74) is 5.49. The fourth-order valence-electron chi connectivity index (χ4n) is 0.908. The number of hydrogen-bond acceptors (Lipinski definition) is 4. The van der Waals surface area contributed by atoms with Gasteiger partial charge in [0, 0.05) is 26.3 Å². The van der Waals surface area contributed by atoms with Crippen LogP contribution in [0.4, 0.5) is 0 Å². The summed E-state index contributed by atoms with van der Waals surface area (Å²) in [7, 11) is -1.58. The number of nitrogens with two attached hydrogens (primary N) is 1. The van der Waals surface area contributed by atoms with Crippen molar-refractivity contribution in [3.63, 3.8) is 0 Å². The molecule has 0 rings (SSSR count). The van der Waals surface area contributed by atoms with Crippen LogP contribution in [0, 0.1) is 0 Å². The van der Waals surface area contributed by atoms with Crippen LogP contribution in [0.1, 0.15) is 19.8 Å². The summed E-state index contributed by atoms with van der Waals surface area (Å²) in [5.74, 6) is 0.111. The molecule has 0 aromatic heterocycles. The fraction of sp³-hybridized carbons (Fsp3) is 1.00. The van der Waals surface area contributed by atoms with E-state index in [9.17, 15) is 8.42 Å². The highest BCUT2D eigenvalue weighted by atomic mass is 32.2. The highest BCUT2D eigenvalue weighted by Crippen LogP contribution is 1.91. The van der Waals surface area contributed by atoms with Crippen LogP contribution in [-0.4, -0.2) is 40.5 Å². The maximum atomic E-state index is 11.3. The molecule has 0 bridgehead atoms. The van der Waals surface area contributed by atoms with Gasteiger partial charge in [0.15, 0.2) is 0 Å². The van der Waals surface area contributed by atoms with Crippen molar-refractivity contribution in [2.45, 2.75) is 25.8 Å². The summed E-state index contributed by atoms with van der Waals surface area (Å²) in [5, 5.41) is 0. The Bertz CT molecular complexity index is 227. The Morgan fingerprint density at radius 1 is 1.50 bits per heavy atom. The predicted molar refractivity (Wildman–Crippen MR) is 56.5 cm³/mol. The van der Waals surface area contributed by atoms with Crippen LogP contribution in [0.25, 0.3) is 0 Å². The van der Waals surface area contributed by atoms with E-state index in [4.69, 9.17) is 10.5 Å². The van der Waals surface area contributed by atoms with Crippen molar-refractivity contribution in [3.05, 3.63) is 0 Å². The largest absolute Gasteiger partial charge is 0.385 e. The quantitative estimate of drug-likeness (QED) is 0.554. The lowest BCUT2D eigenvalue weighted by Gasteiger charge is -2.07. The monoisotopic (exact) mass is 224 g/mol. The second-order valence-corrected chi connectivity index (χ2v) is 5.25. The molecule has 14 heavy (non-hydrogen) atoms. The van der Waals surface area contributed by atoms with Crippen LogP contribution in [0.2, 0.25) is 0 Å². The molecule has 0 aromatic carbocycles. The highest BCUT2D eigenvalue weighted by Gasteiger charge is 2.08. The van der Waals surface area contributed by atoms with Crippen molar-refractivity contribution < 1.29 is 13.2 Å². The summed E-state index contributed by atoms with van der Waals surface area (Å²) in [6, 6.07) is 0.0247. The molecule has 0 aliphatic rings. The third-order valence-corrected chi connectivity index (χ3v) is 3.15. The maximum absolute atomic E-state index is 11.3. The van der Waals surface area contributed by atoms with Gasteiger partial charge in [-0.1, -0.05) is 0 Å². The Morgan fingerprint density at radius 2 is 2.14 bits per heavy atom. The normalized spacial score (nSPS) is 14.2. The Hall–Kier alpha value is -0.170. The third kappa shape index (κ3) is 8.43. The molecule has 3 N–H and O–H groups in total. The smallest absolute Gasteiger partial charge is 0.211 e. The first kappa shape index (κ1) is 13.8. The van der Waals surface area contributed by atoms with Gasteiger partial charge in [0.2, 0.25) is 10.0 Å². The highest BCUT2D eigenvalue weighted by molar-refractivity contribution is 7.89. The predicted octanol–water partition coefficient (Wildman–Crippen LogP) is -0.320. The van der Waals surface area contributed by atoms with E-state index in [1.165, 1.54) is 0 Å². The lowest BCUT2D eigenvalue weighted by Crippen LogP contribution is -2.31. The molecular formula is C8H20N2O3S. The van der Waals surface area contributed by atoms with Crippen molar-refractivity contribution in [1.82, 2.24) is 4.72 Å². The van der Waals surface area contributed by atoms with Gasteiger partial charge in [-0.3, -0.25) is 0 Å². The average Bonchev–Trinajstić information content (AvgIpc) is 2.03. The number of rotatable bonds is 8. The van der Waals surface area contributed by atoms with Crippen molar-refractivity contribution in [3.8, 4) is 0 Å². The number of nitrogens with one attached hydrogen (secondary N) is 1. The molecule has 0 saturated carbocycles. The number of ether oxygens (including phenoxy) is 1. The molecule has 1 atom stereocenters. The van der Waals surface area contributed by atoms with Crippen molar-refractivity contribution >= 4 is 10.0 Å². The summed E-state index contributed by atoms with van der Waals surface area (Å²) >= 11 is 0. The summed E-state index contributed by atoms with van der Waals surface area (Å²) < 4.78 is 29.8. The molecular weight excluding hydrogens is 204 g/mol. The van der Waals surface area contributed by atoms with E-state index in [0.29, 0.717) is 26.0 Å². The SMILES string of the molecule is COCCCS(=O)(=O)NCCC(C)N. The molecule has 5 nitrogen and oxygen atoms in total. The molecule has 0 aliphatic carbocycles. The van der Waals surface area contributed by atoms with E-state index in [0.717, 1.165) is 0 Å². The van der Waals surface area contributed by atoms with Gasteiger partial charge in [-0.15, -0.1) is 0 Å². The van der Waals surface area contributed by atoms with Gasteiger partial charge in [0.1, 0.15) is 0 Å². The van der Waals surface area contributed by atoms with E-state index < -0.39 is 10.0 Å². The zero-order chi connectivity index (χ0) is 11.0. The molecule has 6 heteroatoms. The zero-order valence-electron chi connectivity index (χ0n) is 8.82. The molecule has 0 radical (unpaired) electrons. The Balaban J connectivity index is 3.62. The summed E-state index contributed by atoms with van der Waals surface area (Å²) in [4.78, 5) is 0. The first-order valence-corrected chi connectivity index (χ1v) is 6.35. The second kappa shape index (κ2) is 7.17. The minimum Gasteiger partial charge on any atom is -0.385 e. The van der Waals surface area contributed by atoms with Gasteiger partial charge in [0.25, 0.3) is 0 Å². The van der Waals surface area contributed by atoms with Crippen LogP contribution in [0.3, 0.4) is 0 Å². The number of hydrogen-bond donors (Lipinski definition) is 2. The fourth-order valence-corrected chi connectivity index (χ4v) is 1.98.